The Bertz CT molecular complexity index is 1880. The zero-order chi connectivity index (χ0) is 50.4. The third-order valence-corrected chi connectivity index (χ3v) is 14.0. The molecular weight excluding hydrogens is 897 g/mol. The Labute approximate surface area is 407 Å². The summed E-state index contributed by atoms with van der Waals surface area (Å²) in [5.41, 5.74) is 2.34. The Hall–Kier alpha value is -3.66. The number of rotatable bonds is 13. The van der Waals surface area contributed by atoms with Crippen molar-refractivity contribution >= 4 is 23.4 Å². The van der Waals surface area contributed by atoms with Gasteiger partial charge in [-0.05, 0) is 89.7 Å². The van der Waals surface area contributed by atoms with Crippen molar-refractivity contribution in [1.29, 1.82) is 0 Å². The topological polar surface area (TPSA) is 220 Å². The molecule has 3 N–H and O–H groups in total. The lowest BCUT2D eigenvalue weighted by molar-refractivity contribution is -0.305. The van der Waals surface area contributed by atoms with E-state index >= 15 is 0 Å². The van der Waals surface area contributed by atoms with Crippen LogP contribution in [0.3, 0.4) is 0 Å². The Morgan fingerprint density at radius 2 is 1.64 bits per heavy atom. The minimum absolute atomic E-state index is 0.0339. The summed E-state index contributed by atoms with van der Waals surface area (Å²) in [7, 11) is 7.94. The maximum Gasteiger partial charge on any atom is 0.337 e. The number of cyclic esters (lactones) is 1. The molecule has 1 aliphatic carbocycles. The highest BCUT2D eigenvalue weighted by Crippen LogP contribution is 2.36. The molecule has 3 aliphatic heterocycles. The van der Waals surface area contributed by atoms with Crippen LogP contribution in [0.1, 0.15) is 89.1 Å². The molecule has 1 aromatic rings. The number of benzene rings is 1. The van der Waals surface area contributed by atoms with Gasteiger partial charge in [0.2, 0.25) is 0 Å². The molecule has 69 heavy (non-hydrogen) atoms. The van der Waals surface area contributed by atoms with E-state index in [1.807, 2.05) is 33.8 Å². The van der Waals surface area contributed by atoms with Crippen LogP contribution in [0.4, 0.5) is 0 Å². The number of carbonyl (C=O) groups excluding carboxylic acids is 3. The number of likely N-dealkylation sites (N-methyl/N-ethyl adjacent to an activating group) is 1. The summed E-state index contributed by atoms with van der Waals surface area (Å²) in [4.78, 5) is 47.9. The molecule has 0 spiro atoms. The number of ether oxygens (including phenoxy) is 9. The van der Waals surface area contributed by atoms with Crippen molar-refractivity contribution in [2.75, 3.05) is 61.9 Å². The van der Waals surface area contributed by atoms with Gasteiger partial charge in [0.15, 0.2) is 12.1 Å². The molecule has 1 unspecified atom stereocenters. The van der Waals surface area contributed by atoms with E-state index in [-0.39, 0.29) is 51.2 Å². The van der Waals surface area contributed by atoms with Crippen molar-refractivity contribution in [3.8, 4) is 0 Å². The average molecular weight is 975 g/mol. The summed E-state index contributed by atoms with van der Waals surface area (Å²) < 4.78 is 55.0. The van der Waals surface area contributed by atoms with E-state index in [0.717, 1.165) is 11.1 Å². The van der Waals surface area contributed by atoms with Gasteiger partial charge in [0, 0.05) is 38.6 Å². The lowest BCUT2D eigenvalue weighted by Crippen LogP contribution is -2.63. The molecule has 0 aromatic heterocycles. The van der Waals surface area contributed by atoms with Gasteiger partial charge in [-0.15, -0.1) is 0 Å². The third kappa shape index (κ3) is 15.4. The van der Waals surface area contributed by atoms with Crippen LogP contribution in [0.2, 0.25) is 0 Å². The fourth-order valence-electron chi connectivity index (χ4n) is 9.90. The molecule has 0 radical (unpaired) electrons. The highest BCUT2D eigenvalue weighted by molar-refractivity contribution is 5.92. The zero-order valence-electron chi connectivity index (χ0n) is 42.1. The smallest absolute Gasteiger partial charge is 0.337 e. The molecule has 16 atom stereocenters. The standard InChI is InChI=1S/C51H78N2O16/c1-11-40-36(26-64-41-19-18-39(55)48(60-8)49(41)61-9)22-29(2)12-17-38(54)30(3)23-35-20-21-63-27-37(52-66-25-33-13-15-34(16-14-33)50(59)62-10)28-65-42(24-43(56)68-40)31(4)47(35)69-51-46(58)44(53(6)7)45(57)32(5)67-51/h12-17,22,30-32,35-36,39-42,44-49,51,55,57-58H,11,18-21,23-28H2,1-10H3/b17-12+,29-22+,52-37+/t30-,31+,32-,35?,36-,39-,40-,41-,42-,44+,45-,46-,47-,48-,49+,51+/m1/s1. The van der Waals surface area contributed by atoms with Gasteiger partial charge in [-0.25, -0.2) is 4.79 Å². The fourth-order valence-corrected chi connectivity index (χ4v) is 9.90. The average Bonchev–Trinajstić information content (AvgIpc) is 3.35. The Morgan fingerprint density at radius 3 is 2.30 bits per heavy atom. The minimum atomic E-state index is -1.26. The van der Waals surface area contributed by atoms with Crippen LogP contribution >= 0.6 is 0 Å². The second-order valence-corrected chi connectivity index (χ2v) is 19.2. The first kappa shape index (κ1) is 56.3. The van der Waals surface area contributed by atoms with Crippen LogP contribution in [0.5, 0.6) is 0 Å². The van der Waals surface area contributed by atoms with E-state index in [2.05, 4.69) is 5.16 Å². The first-order valence-corrected chi connectivity index (χ1v) is 24.3. The van der Waals surface area contributed by atoms with Crippen molar-refractivity contribution in [3.05, 3.63) is 59.2 Å². The number of hydrogen-bond donors (Lipinski definition) is 3. The Morgan fingerprint density at radius 1 is 0.913 bits per heavy atom. The van der Waals surface area contributed by atoms with Gasteiger partial charge in [0.05, 0.1) is 81.6 Å². The number of nitrogens with zero attached hydrogens (tertiary/aromatic N) is 2. The number of hydrogen-bond acceptors (Lipinski definition) is 18. The van der Waals surface area contributed by atoms with Gasteiger partial charge >= 0.3 is 11.9 Å². The third-order valence-electron chi connectivity index (χ3n) is 14.0. The van der Waals surface area contributed by atoms with Gasteiger partial charge in [0.25, 0.3) is 0 Å². The first-order valence-electron chi connectivity index (χ1n) is 24.3. The number of esters is 2. The molecule has 388 valence electrons. The van der Waals surface area contributed by atoms with Crippen molar-refractivity contribution in [2.45, 2.75) is 153 Å². The van der Waals surface area contributed by atoms with E-state index in [0.29, 0.717) is 43.4 Å². The highest BCUT2D eigenvalue weighted by atomic mass is 16.7. The molecule has 18 heteroatoms. The molecular formula is C51H78N2O16. The molecule has 1 saturated carbocycles. The van der Waals surface area contributed by atoms with Crippen LogP contribution in [-0.4, -0.2) is 179 Å². The van der Waals surface area contributed by atoms with E-state index in [4.69, 9.17) is 47.5 Å². The van der Waals surface area contributed by atoms with Crippen molar-refractivity contribution in [1.82, 2.24) is 4.90 Å². The van der Waals surface area contributed by atoms with Crippen LogP contribution < -0.4 is 0 Å². The Balaban J connectivity index is 1.50. The molecule has 0 amide bonds. The van der Waals surface area contributed by atoms with Crippen molar-refractivity contribution < 1.29 is 77.2 Å². The number of aliphatic hydroxyl groups is 3. The van der Waals surface area contributed by atoms with Gasteiger partial charge in [-0.1, -0.05) is 55.8 Å². The van der Waals surface area contributed by atoms with Crippen LogP contribution in [0.25, 0.3) is 0 Å². The zero-order valence-corrected chi connectivity index (χ0v) is 42.1. The molecule has 5 rings (SSSR count). The van der Waals surface area contributed by atoms with E-state index in [1.165, 1.54) is 14.2 Å². The van der Waals surface area contributed by atoms with Crippen LogP contribution in [-0.2, 0) is 63.7 Å². The number of allylic oxidation sites excluding steroid dienone is 3. The number of carbonyl (C=O) groups is 3. The largest absolute Gasteiger partial charge is 0.465 e. The number of methoxy groups -OCH3 is 3. The summed E-state index contributed by atoms with van der Waals surface area (Å²) in [6.07, 6.45) is -1.37. The van der Waals surface area contributed by atoms with Gasteiger partial charge in [0.1, 0.15) is 36.7 Å². The minimum Gasteiger partial charge on any atom is -0.465 e. The van der Waals surface area contributed by atoms with E-state index < -0.39 is 103 Å². The lowest BCUT2D eigenvalue weighted by Gasteiger charge is -2.47. The molecule has 2 bridgehead atoms. The van der Waals surface area contributed by atoms with E-state index in [9.17, 15) is 29.7 Å². The fraction of sp³-hybridized carbons (Fsp3) is 0.725. The number of ketones is 1. The number of oxime groups is 1. The van der Waals surface area contributed by atoms with E-state index in [1.54, 1.807) is 69.4 Å². The number of fused-ring (bicyclic) bond motifs is 3. The number of aliphatic hydroxyl groups excluding tert-OH is 3. The maximum absolute atomic E-state index is 14.4. The monoisotopic (exact) mass is 975 g/mol. The molecule has 3 fully saturated rings. The predicted octanol–water partition coefficient (Wildman–Crippen LogP) is 4.20. The predicted molar refractivity (Wildman–Crippen MR) is 253 cm³/mol. The van der Waals surface area contributed by atoms with Crippen LogP contribution in [0, 0.1) is 23.7 Å². The van der Waals surface area contributed by atoms with Crippen molar-refractivity contribution in [2.24, 2.45) is 28.8 Å². The van der Waals surface area contributed by atoms with Crippen LogP contribution in [0.15, 0.2) is 53.2 Å². The molecule has 1 aromatic carbocycles. The lowest BCUT2D eigenvalue weighted by atomic mass is 9.79. The van der Waals surface area contributed by atoms with Crippen molar-refractivity contribution in [3.63, 3.8) is 0 Å². The summed E-state index contributed by atoms with van der Waals surface area (Å²) >= 11 is 0. The van der Waals surface area contributed by atoms with Gasteiger partial charge < -0.3 is 67.7 Å². The van der Waals surface area contributed by atoms with Gasteiger partial charge in [-0.2, -0.15) is 0 Å². The summed E-state index contributed by atoms with van der Waals surface area (Å²) in [6.45, 7) is 9.72. The molecule has 18 nitrogen and oxygen atoms in total. The summed E-state index contributed by atoms with van der Waals surface area (Å²) in [5, 5.41) is 37.8. The summed E-state index contributed by atoms with van der Waals surface area (Å²) in [5.74, 6) is -2.97. The molecule has 2 saturated heterocycles. The SMILES string of the molecule is CC[C@H]1OC(=O)C[C@H]2OC/C(=N/OCc3ccc(C(=O)OC)cc3)COCCC(C[C@@H](C)C(=O)/C=C/C(C)=C/[C@@H]1CO[C@@H]1CC[C@@H](O)[C@@H](OC)[C@H]1OC)[C@H](O[C@@H]1O[C@H](C)[C@@H](O)[C@H](N(C)C)[C@H]1O)[C@H]2C. The second-order valence-electron chi connectivity index (χ2n) is 19.2. The quantitative estimate of drug-likeness (QED) is 0.186. The normalized spacial score (nSPS) is 37.6. The highest BCUT2D eigenvalue weighted by Gasteiger charge is 2.48. The second kappa shape index (κ2) is 27.2. The summed E-state index contributed by atoms with van der Waals surface area (Å²) in [6, 6.07) is 6.04. The molecule has 4 aliphatic rings. The first-order chi connectivity index (χ1) is 33.0. The maximum atomic E-state index is 14.4. The molecule has 3 heterocycles. The Kier molecular flexibility index (Phi) is 22.2. The van der Waals surface area contributed by atoms with Gasteiger partial charge in [-0.3, -0.25) is 9.59 Å².